The van der Waals surface area contributed by atoms with E-state index in [2.05, 4.69) is 31.1 Å². The molecule has 0 spiro atoms. The van der Waals surface area contributed by atoms with Crippen LogP contribution in [-0.2, 0) is 6.42 Å². The van der Waals surface area contributed by atoms with E-state index in [4.69, 9.17) is 5.73 Å². The fourth-order valence-electron chi connectivity index (χ4n) is 2.72. The Morgan fingerprint density at radius 2 is 2.20 bits per heavy atom. The third kappa shape index (κ3) is 2.58. The summed E-state index contributed by atoms with van der Waals surface area (Å²) in [5.74, 6) is 0. The van der Waals surface area contributed by atoms with Gasteiger partial charge in [0.15, 0.2) is 0 Å². The molecule has 1 fully saturated rings. The van der Waals surface area contributed by atoms with Crippen molar-refractivity contribution in [3.8, 4) is 0 Å². The summed E-state index contributed by atoms with van der Waals surface area (Å²) in [6.07, 6.45) is 4.44. The van der Waals surface area contributed by atoms with Crippen LogP contribution in [0.5, 0.6) is 0 Å². The van der Waals surface area contributed by atoms with Crippen molar-refractivity contribution in [2.45, 2.75) is 52.0 Å². The molecule has 1 saturated carbocycles. The van der Waals surface area contributed by atoms with Crippen molar-refractivity contribution in [3.63, 3.8) is 0 Å². The van der Waals surface area contributed by atoms with Crippen LogP contribution in [-0.4, -0.2) is 10.5 Å². The van der Waals surface area contributed by atoms with E-state index in [1.165, 1.54) is 12.1 Å². The van der Waals surface area contributed by atoms with Crippen LogP contribution < -0.4 is 5.73 Å². The first-order valence-corrected chi connectivity index (χ1v) is 6.47. The minimum atomic E-state index is -0.00991. The van der Waals surface area contributed by atoms with Gasteiger partial charge in [-0.1, -0.05) is 13.8 Å². The third-order valence-corrected chi connectivity index (χ3v) is 4.15. The van der Waals surface area contributed by atoms with E-state index in [0.717, 1.165) is 24.3 Å². The number of nitrogens with zero attached hydrogens (tertiary/aromatic N) is 1. The van der Waals surface area contributed by atoms with Gasteiger partial charge >= 0.3 is 0 Å². The maximum Gasteiger partial charge on any atom is 0.0897 e. The quantitative estimate of drug-likeness (QED) is 0.839. The molecule has 84 valence electrons. The fourth-order valence-corrected chi connectivity index (χ4v) is 3.33. The lowest BCUT2D eigenvalue weighted by atomic mass is 9.86. The monoisotopic (exact) mass is 224 g/mol. The number of hydrogen-bond donors (Lipinski definition) is 1. The molecule has 0 aliphatic heterocycles. The first-order valence-electron chi connectivity index (χ1n) is 5.59. The zero-order valence-corrected chi connectivity index (χ0v) is 10.7. The molecule has 0 aromatic carbocycles. The van der Waals surface area contributed by atoms with Gasteiger partial charge in [-0.15, -0.1) is 11.3 Å². The molecule has 2 nitrogen and oxygen atoms in total. The SMILES string of the molecule is Cc1nc(CC2(N)CCC(C)(C)C2)cs1. The average molecular weight is 224 g/mol. The Labute approximate surface area is 95.9 Å². The maximum atomic E-state index is 6.44. The highest BCUT2D eigenvalue weighted by Gasteiger charge is 2.40. The molecule has 0 bridgehead atoms. The Hall–Kier alpha value is -0.410. The lowest BCUT2D eigenvalue weighted by molar-refractivity contribution is 0.333. The standard InChI is InChI=1S/C12H20N2S/c1-9-14-10(7-15-9)6-12(13)5-4-11(2,3)8-12/h7H,4-6,8,13H2,1-3H3. The maximum absolute atomic E-state index is 6.44. The van der Waals surface area contributed by atoms with E-state index in [0.29, 0.717) is 5.41 Å². The third-order valence-electron chi connectivity index (χ3n) is 3.33. The van der Waals surface area contributed by atoms with Gasteiger partial charge in [-0.2, -0.15) is 0 Å². The molecular weight excluding hydrogens is 204 g/mol. The molecular formula is C12H20N2S. The van der Waals surface area contributed by atoms with Gasteiger partial charge < -0.3 is 5.73 Å². The van der Waals surface area contributed by atoms with Gasteiger partial charge in [-0.3, -0.25) is 0 Å². The van der Waals surface area contributed by atoms with Crippen molar-refractivity contribution in [2.24, 2.45) is 11.1 Å². The average Bonchev–Trinajstić information content (AvgIpc) is 2.57. The largest absolute Gasteiger partial charge is 0.325 e. The zero-order chi connectivity index (χ0) is 11.1. The van der Waals surface area contributed by atoms with E-state index in [9.17, 15) is 0 Å². The predicted octanol–water partition coefficient (Wildman–Crippen LogP) is 2.90. The lowest BCUT2D eigenvalue weighted by Gasteiger charge is -2.25. The van der Waals surface area contributed by atoms with Crippen LogP contribution in [0.15, 0.2) is 5.38 Å². The van der Waals surface area contributed by atoms with Crippen LogP contribution in [0.2, 0.25) is 0 Å². The van der Waals surface area contributed by atoms with Crippen LogP contribution >= 0.6 is 11.3 Å². The molecule has 1 aliphatic rings. The van der Waals surface area contributed by atoms with Gasteiger partial charge in [0.2, 0.25) is 0 Å². The second kappa shape index (κ2) is 3.56. The predicted molar refractivity (Wildman–Crippen MR) is 65.1 cm³/mol. The summed E-state index contributed by atoms with van der Waals surface area (Å²) in [5, 5.41) is 3.29. The van der Waals surface area contributed by atoms with Crippen LogP contribution in [0.25, 0.3) is 0 Å². The number of aryl methyl sites for hydroxylation is 1. The molecule has 1 heterocycles. The topological polar surface area (TPSA) is 38.9 Å². The summed E-state index contributed by atoms with van der Waals surface area (Å²) in [7, 11) is 0. The lowest BCUT2D eigenvalue weighted by Crippen LogP contribution is -2.40. The Morgan fingerprint density at radius 3 is 2.67 bits per heavy atom. The first kappa shape index (κ1) is 11.1. The summed E-state index contributed by atoms with van der Waals surface area (Å²) in [4.78, 5) is 4.51. The Bertz CT molecular complexity index is 356. The molecule has 0 saturated heterocycles. The second-order valence-electron chi connectivity index (χ2n) is 5.74. The van der Waals surface area contributed by atoms with Crippen LogP contribution in [0.4, 0.5) is 0 Å². The van der Waals surface area contributed by atoms with Crippen molar-refractivity contribution in [2.75, 3.05) is 0 Å². The molecule has 0 amide bonds. The van der Waals surface area contributed by atoms with Crippen LogP contribution in [0.1, 0.15) is 43.8 Å². The second-order valence-corrected chi connectivity index (χ2v) is 6.80. The molecule has 0 radical (unpaired) electrons. The molecule has 1 aromatic rings. The molecule has 2 N–H and O–H groups in total. The number of nitrogens with two attached hydrogens (primary N) is 1. The molecule has 1 aromatic heterocycles. The highest BCUT2D eigenvalue weighted by Crippen LogP contribution is 2.43. The van der Waals surface area contributed by atoms with E-state index in [1.807, 2.05) is 0 Å². The van der Waals surface area contributed by atoms with E-state index in [-0.39, 0.29) is 5.54 Å². The van der Waals surface area contributed by atoms with Crippen molar-refractivity contribution in [1.82, 2.24) is 4.98 Å². The highest BCUT2D eigenvalue weighted by atomic mass is 32.1. The molecule has 15 heavy (non-hydrogen) atoms. The fraction of sp³-hybridized carbons (Fsp3) is 0.750. The minimum Gasteiger partial charge on any atom is -0.325 e. The molecule has 1 aliphatic carbocycles. The molecule has 1 unspecified atom stereocenters. The Morgan fingerprint density at radius 1 is 1.47 bits per heavy atom. The summed E-state index contributed by atoms with van der Waals surface area (Å²) in [6, 6.07) is 0. The van der Waals surface area contributed by atoms with Gasteiger partial charge in [-0.05, 0) is 31.6 Å². The Kier molecular flexibility index (Phi) is 2.63. The summed E-state index contributed by atoms with van der Waals surface area (Å²) >= 11 is 1.72. The summed E-state index contributed by atoms with van der Waals surface area (Å²) < 4.78 is 0. The molecule has 1 atom stereocenters. The number of aromatic nitrogens is 1. The van der Waals surface area contributed by atoms with E-state index >= 15 is 0 Å². The number of hydrogen-bond acceptors (Lipinski definition) is 3. The van der Waals surface area contributed by atoms with Crippen molar-refractivity contribution < 1.29 is 0 Å². The molecule has 3 heteroatoms. The Balaban J connectivity index is 2.06. The van der Waals surface area contributed by atoms with Crippen molar-refractivity contribution in [1.29, 1.82) is 0 Å². The van der Waals surface area contributed by atoms with Crippen LogP contribution in [0.3, 0.4) is 0 Å². The normalized spacial score (nSPS) is 29.6. The number of rotatable bonds is 2. The van der Waals surface area contributed by atoms with Gasteiger partial charge in [0.25, 0.3) is 0 Å². The minimum absolute atomic E-state index is 0.00991. The smallest absolute Gasteiger partial charge is 0.0897 e. The van der Waals surface area contributed by atoms with E-state index in [1.54, 1.807) is 11.3 Å². The first-order chi connectivity index (χ1) is 6.89. The van der Waals surface area contributed by atoms with Crippen molar-refractivity contribution in [3.05, 3.63) is 16.1 Å². The van der Waals surface area contributed by atoms with Crippen LogP contribution in [0, 0.1) is 12.3 Å². The zero-order valence-electron chi connectivity index (χ0n) is 9.84. The summed E-state index contributed by atoms with van der Waals surface area (Å²) in [6.45, 7) is 6.68. The van der Waals surface area contributed by atoms with Gasteiger partial charge in [0.05, 0.1) is 10.7 Å². The van der Waals surface area contributed by atoms with E-state index < -0.39 is 0 Å². The van der Waals surface area contributed by atoms with Gasteiger partial charge in [-0.25, -0.2) is 4.98 Å². The summed E-state index contributed by atoms with van der Waals surface area (Å²) in [5.41, 5.74) is 8.03. The molecule has 2 rings (SSSR count). The van der Waals surface area contributed by atoms with Gasteiger partial charge in [0.1, 0.15) is 0 Å². The van der Waals surface area contributed by atoms with Crippen molar-refractivity contribution >= 4 is 11.3 Å². The number of thiazole rings is 1. The highest BCUT2D eigenvalue weighted by molar-refractivity contribution is 7.09. The van der Waals surface area contributed by atoms with Gasteiger partial charge in [0, 0.05) is 17.3 Å².